The molecule has 0 aromatic heterocycles. The van der Waals surface area contributed by atoms with E-state index in [4.69, 9.17) is 22.1 Å². The van der Waals surface area contributed by atoms with E-state index in [9.17, 15) is 0 Å². The van der Waals surface area contributed by atoms with Gasteiger partial charge in [0.1, 0.15) is 5.75 Å². The number of methoxy groups -OCH3 is 1. The van der Waals surface area contributed by atoms with Crippen molar-refractivity contribution in [2.24, 2.45) is 5.73 Å². The zero-order valence-electron chi connectivity index (χ0n) is 11.8. The minimum absolute atomic E-state index is 0.499. The Labute approximate surface area is 124 Å². The van der Waals surface area contributed by atoms with E-state index in [0.29, 0.717) is 6.54 Å². The average Bonchev–Trinajstić information content (AvgIpc) is 2.46. The number of benzene rings is 2. The van der Waals surface area contributed by atoms with Crippen molar-refractivity contribution in [2.75, 3.05) is 19.1 Å². The van der Waals surface area contributed by atoms with Gasteiger partial charge in [-0.1, -0.05) is 29.8 Å². The van der Waals surface area contributed by atoms with Gasteiger partial charge in [0.15, 0.2) is 0 Å². The van der Waals surface area contributed by atoms with Crippen molar-refractivity contribution in [3.8, 4) is 5.75 Å². The predicted octanol–water partition coefficient (Wildman–Crippen LogP) is 3.44. The second-order valence-corrected chi connectivity index (χ2v) is 5.12. The summed E-state index contributed by atoms with van der Waals surface area (Å²) in [7, 11) is 3.70. The topological polar surface area (TPSA) is 38.5 Å². The summed E-state index contributed by atoms with van der Waals surface area (Å²) in [4.78, 5) is 2.15. The van der Waals surface area contributed by atoms with Crippen molar-refractivity contribution in [3.05, 3.63) is 58.6 Å². The lowest BCUT2D eigenvalue weighted by Gasteiger charge is -2.23. The Morgan fingerprint density at radius 1 is 1.20 bits per heavy atom. The van der Waals surface area contributed by atoms with Crippen molar-refractivity contribution < 1.29 is 4.74 Å². The molecular weight excluding hydrogens is 272 g/mol. The lowest BCUT2D eigenvalue weighted by molar-refractivity contribution is 0.414. The smallest absolute Gasteiger partial charge is 0.120 e. The number of nitrogens with zero attached hydrogens (tertiary/aromatic N) is 1. The Morgan fingerprint density at radius 3 is 2.65 bits per heavy atom. The van der Waals surface area contributed by atoms with Crippen LogP contribution in [0.4, 0.5) is 5.69 Å². The van der Waals surface area contributed by atoms with Crippen molar-refractivity contribution in [2.45, 2.75) is 13.1 Å². The molecular formula is C16H19ClN2O. The van der Waals surface area contributed by atoms with Crippen LogP contribution in [-0.4, -0.2) is 14.2 Å². The maximum absolute atomic E-state index is 6.02. The Balaban J connectivity index is 2.25. The van der Waals surface area contributed by atoms with Crippen LogP contribution in [0.25, 0.3) is 0 Å². The van der Waals surface area contributed by atoms with Crippen molar-refractivity contribution in [1.29, 1.82) is 0 Å². The summed E-state index contributed by atoms with van der Waals surface area (Å²) in [5.74, 6) is 0.829. The summed E-state index contributed by atoms with van der Waals surface area (Å²) in [6, 6.07) is 13.8. The Kier molecular flexibility index (Phi) is 4.88. The van der Waals surface area contributed by atoms with Gasteiger partial charge in [-0.2, -0.15) is 0 Å². The van der Waals surface area contributed by atoms with Crippen LogP contribution in [0.1, 0.15) is 11.1 Å². The molecule has 0 aliphatic rings. The third-order valence-electron chi connectivity index (χ3n) is 3.23. The largest absolute Gasteiger partial charge is 0.497 e. The zero-order chi connectivity index (χ0) is 14.5. The van der Waals surface area contributed by atoms with Crippen molar-refractivity contribution in [3.63, 3.8) is 0 Å². The van der Waals surface area contributed by atoms with E-state index in [0.717, 1.165) is 34.1 Å². The Morgan fingerprint density at radius 2 is 2.00 bits per heavy atom. The molecule has 2 rings (SSSR count). The first-order chi connectivity index (χ1) is 9.63. The first-order valence-corrected chi connectivity index (χ1v) is 6.84. The van der Waals surface area contributed by atoms with Gasteiger partial charge in [-0.25, -0.2) is 0 Å². The molecule has 2 aromatic carbocycles. The molecule has 0 spiro atoms. The molecule has 0 fully saturated rings. The van der Waals surface area contributed by atoms with Gasteiger partial charge < -0.3 is 15.4 Å². The molecule has 0 bridgehead atoms. The lowest BCUT2D eigenvalue weighted by Crippen LogP contribution is -2.19. The van der Waals surface area contributed by atoms with E-state index in [2.05, 4.69) is 11.0 Å². The van der Waals surface area contributed by atoms with Crippen LogP contribution in [-0.2, 0) is 13.1 Å². The minimum Gasteiger partial charge on any atom is -0.497 e. The van der Waals surface area contributed by atoms with Crippen LogP contribution in [0.2, 0.25) is 5.02 Å². The highest BCUT2D eigenvalue weighted by Crippen LogP contribution is 2.26. The number of rotatable bonds is 5. The van der Waals surface area contributed by atoms with Crippen molar-refractivity contribution >= 4 is 17.3 Å². The molecule has 0 saturated carbocycles. The standard InChI is InChI=1S/C16H19ClN2O/c1-19(11-12-4-3-5-14(17)8-12)16-9-15(20-2)7-6-13(16)10-18/h3-9H,10-11,18H2,1-2H3. The molecule has 0 saturated heterocycles. The summed E-state index contributed by atoms with van der Waals surface area (Å²) < 4.78 is 5.29. The summed E-state index contributed by atoms with van der Waals surface area (Å²) >= 11 is 6.02. The van der Waals surface area contributed by atoms with Crippen LogP contribution in [0.5, 0.6) is 5.75 Å². The molecule has 3 nitrogen and oxygen atoms in total. The van der Waals surface area contributed by atoms with E-state index in [-0.39, 0.29) is 0 Å². The molecule has 2 N–H and O–H groups in total. The molecule has 20 heavy (non-hydrogen) atoms. The van der Waals surface area contributed by atoms with Gasteiger partial charge in [-0.05, 0) is 29.3 Å². The van der Waals surface area contributed by atoms with Crippen LogP contribution in [0, 0.1) is 0 Å². The fourth-order valence-corrected chi connectivity index (χ4v) is 2.41. The van der Waals surface area contributed by atoms with Crippen LogP contribution >= 0.6 is 11.6 Å². The molecule has 106 valence electrons. The number of hydrogen-bond acceptors (Lipinski definition) is 3. The lowest BCUT2D eigenvalue weighted by atomic mass is 10.1. The Hall–Kier alpha value is -1.71. The van der Waals surface area contributed by atoms with Crippen molar-refractivity contribution in [1.82, 2.24) is 0 Å². The van der Waals surface area contributed by atoms with E-state index in [1.165, 1.54) is 0 Å². The molecule has 0 aliphatic carbocycles. The summed E-state index contributed by atoms with van der Waals surface area (Å²) in [5, 5.41) is 0.751. The normalized spacial score (nSPS) is 10.4. The molecule has 0 heterocycles. The number of halogens is 1. The molecule has 0 radical (unpaired) electrons. The molecule has 0 amide bonds. The number of hydrogen-bond donors (Lipinski definition) is 1. The zero-order valence-corrected chi connectivity index (χ0v) is 12.5. The van der Waals surface area contributed by atoms with Gasteiger partial charge in [-0.15, -0.1) is 0 Å². The van der Waals surface area contributed by atoms with E-state index >= 15 is 0 Å². The van der Waals surface area contributed by atoms with E-state index in [1.54, 1.807) is 7.11 Å². The molecule has 4 heteroatoms. The van der Waals surface area contributed by atoms with Gasteiger partial charge in [0.25, 0.3) is 0 Å². The average molecular weight is 291 g/mol. The molecule has 0 unspecified atom stereocenters. The summed E-state index contributed by atoms with van der Waals surface area (Å²) in [6.45, 7) is 1.26. The van der Waals surface area contributed by atoms with Gasteiger partial charge in [0.2, 0.25) is 0 Å². The molecule has 0 atom stereocenters. The highest BCUT2D eigenvalue weighted by molar-refractivity contribution is 6.30. The quantitative estimate of drug-likeness (QED) is 0.917. The van der Waals surface area contributed by atoms with Crippen LogP contribution in [0.3, 0.4) is 0 Å². The number of ether oxygens (including phenoxy) is 1. The van der Waals surface area contributed by atoms with E-state index in [1.807, 2.05) is 43.4 Å². The fourth-order valence-electron chi connectivity index (χ4n) is 2.19. The maximum atomic E-state index is 6.02. The first-order valence-electron chi connectivity index (χ1n) is 6.46. The highest BCUT2D eigenvalue weighted by Gasteiger charge is 2.09. The van der Waals surface area contributed by atoms with Gasteiger partial charge in [0.05, 0.1) is 7.11 Å². The summed E-state index contributed by atoms with van der Waals surface area (Å²) in [6.07, 6.45) is 0. The SMILES string of the molecule is COc1ccc(CN)c(N(C)Cc2cccc(Cl)c2)c1. The second kappa shape index (κ2) is 6.64. The second-order valence-electron chi connectivity index (χ2n) is 4.68. The van der Waals surface area contributed by atoms with E-state index < -0.39 is 0 Å². The molecule has 2 aromatic rings. The molecule has 0 aliphatic heterocycles. The predicted molar refractivity (Wildman–Crippen MR) is 84.4 cm³/mol. The number of anilines is 1. The van der Waals surface area contributed by atoms with Gasteiger partial charge in [-0.3, -0.25) is 0 Å². The van der Waals surface area contributed by atoms with Gasteiger partial charge >= 0.3 is 0 Å². The third-order valence-corrected chi connectivity index (χ3v) is 3.47. The first kappa shape index (κ1) is 14.7. The van der Waals surface area contributed by atoms with Crippen LogP contribution < -0.4 is 15.4 Å². The van der Waals surface area contributed by atoms with Crippen LogP contribution in [0.15, 0.2) is 42.5 Å². The fraction of sp³-hybridized carbons (Fsp3) is 0.250. The van der Waals surface area contributed by atoms with Gasteiger partial charge in [0, 0.05) is 36.9 Å². The monoisotopic (exact) mass is 290 g/mol. The third kappa shape index (κ3) is 3.44. The maximum Gasteiger partial charge on any atom is 0.120 e. The summed E-state index contributed by atoms with van der Waals surface area (Å²) in [5.41, 5.74) is 9.14. The Bertz CT molecular complexity index is 586. The highest BCUT2D eigenvalue weighted by atomic mass is 35.5. The number of nitrogens with two attached hydrogens (primary N) is 1. The minimum atomic E-state index is 0.499.